The lowest BCUT2D eigenvalue weighted by Crippen LogP contribution is -2.37. The lowest BCUT2D eigenvalue weighted by molar-refractivity contribution is 0.123. The number of carbonyl (C=O) groups excluding carboxylic acids is 1. The predicted octanol–water partition coefficient (Wildman–Crippen LogP) is 1.67. The number of hydrogen-bond donors (Lipinski definition) is 2. The van der Waals surface area contributed by atoms with Gasteiger partial charge in [0.1, 0.15) is 0 Å². The Kier molecular flexibility index (Phi) is 3.71. The van der Waals surface area contributed by atoms with E-state index in [1.165, 1.54) is 0 Å². The van der Waals surface area contributed by atoms with Crippen molar-refractivity contribution in [2.75, 3.05) is 36.5 Å². The van der Waals surface area contributed by atoms with E-state index in [-0.39, 0.29) is 0 Å². The van der Waals surface area contributed by atoms with Gasteiger partial charge < -0.3 is 20.7 Å². The second kappa shape index (κ2) is 5.25. The van der Waals surface area contributed by atoms with Crippen molar-refractivity contribution in [3.05, 3.63) is 23.2 Å². The van der Waals surface area contributed by atoms with Crippen LogP contribution in [0.2, 0.25) is 5.02 Å². The summed E-state index contributed by atoms with van der Waals surface area (Å²) in [5.41, 5.74) is 6.68. The first kappa shape index (κ1) is 12.0. The Bertz CT molecular complexity index is 419. The normalized spacial score (nSPS) is 15.7. The van der Waals surface area contributed by atoms with Crippen LogP contribution in [-0.2, 0) is 4.74 Å². The molecule has 5 nitrogen and oxygen atoms in total. The lowest BCUT2D eigenvalue weighted by atomic mass is 10.2. The van der Waals surface area contributed by atoms with Crippen molar-refractivity contribution in [2.24, 2.45) is 5.73 Å². The van der Waals surface area contributed by atoms with Crippen molar-refractivity contribution >= 4 is 29.0 Å². The minimum atomic E-state index is -0.582. The molecule has 17 heavy (non-hydrogen) atoms. The Morgan fingerprint density at radius 1 is 1.41 bits per heavy atom. The van der Waals surface area contributed by atoms with E-state index in [0.29, 0.717) is 23.9 Å². The molecule has 0 aromatic heterocycles. The predicted molar refractivity (Wildman–Crippen MR) is 67.7 cm³/mol. The van der Waals surface area contributed by atoms with Gasteiger partial charge in [0.05, 0.1) is 24.6 Å². The van der Waals surface area contributed by atoms with Crippen molar-refractivity contribution in [3.63, 3.8) is 0 Å². The molecule has 1 aromatic rings. The molecule has 2 amide bonds. The van der Waals surface area contributed by atoms with Gasteiger partial charge in [0.15, 0.2) is 0 Å². The second-order valence-corrected chi connectivity index (χ2v) is 4.19. The molecule has 0 spiro atoms. The van der Waals surface area contributed by atoms with Crippen molar-refractivity contribution in [3.8, 4) is 0 Å². The maximum atomic E-state index is 10.9. The second-order valence-electron chi connectivity index (χ2n) is 3.75. The standard InChI is InChI=1S/C11H14ClN3O2/c12-8-1-2-9(14-11(13)16)10(7-8)15-3-5-17-6-4-15/h1-2,7H,3-6H2,(H3,13,14,16). The van der Waals surface area contributed by atoms with Gasteiger partial charge in [-0.15, -0.1) is 0 Å². The molecule has 0 radical (unpaired) electrons. The van der Waals surface area contributed by atoms with Gasteiger partial charge in [-0.05, 0) is 18.2 Å². The third-order valence-corrected chi connectivity index (χ3v) is 2.80. The molecule has 1 aromatic carbocycles. The largest absolute Gasteiger partial charge is 0.378 e. The summed E-state index contributed by atoms with van der Waals surface area (Å²) in [4.78, 5) is 13.0. The Morgan fingerprint density at radius 2 is 2.12 bits per heavy atom. The average molecular weight is 256 g/mol. The summed E-state index contributed by atoms with van der Waals surface area (Å²) in [7, 11) is 0. The van der Waals surface area contributed by atoms with Gasteiger partial charge in [-0.25, -0.2) is 4.79 Å². The van der Waals surface area contributed by atoms with E-state index in [2.05, 4.69) is 10.2 Å². The van der Waals surface area contributed by atoms with Gasteiger partial charge in [0, 0.05) is 18.1 Å². The van der Waals surface area contributed by atoms with E-state index in [4.69, 9.17) is 22.1 Å². The molecule has 0 atom stereocenters. The summed E-state index contributed by atoms with van der Waals surface area (Å²) in [6.45, 7) is 2.88. The quantitative estimate of drug-likeness (QED) is 0.845. The molecule has 3 N–H and O–H groups in total. The fourth-order valence-corrected chi connectivity index (χ4v) is 1.98. The number of hydrogen-bond acceptors (Lipinski definition) is 3. The molecule has 2 rings (SSSR count). The number of morpholine rings is 1. The topological polar surface area (TPSA) is 67.6 Å². The average Bonchev–Trinajstić information content (AvgIpc) is 2.32. The number of amides is 2. The van der Waals surface area contributed by atoms with Crippen LogP contribution in [0, 0.1) is 0 Å². The van der Waals surface area contributed by atoms with Crippen LogP contribution in [0.25, 0.3) is 0 Å². The summed E-state index contributed by atoms with van der Waals surface area (Å²) >= 11 is 5.97. The number of nitrogens with one attached hydrogen (secondary N) is 1. The number of rotatable bonds is 2. The molecule has 0 bridgehead atoms. The maximum absolute atomic E-state index is 10.9. The van der Waals surface area contributed by atoms with Crippen LogP contribution < -0.4 is 16.0 Å². The number of ether oxygens (including phenoxy) is 1. The molecule has 1 fully saturated rings. The third kappa shape index (κ3) is 3.01. The highest BCUT2D eigenvalue weighted by atomic mass is 35.5. The highest BCUT2D eigenvalue weighted by Crippen LogP contribution is 2.29. The highest BCUT2D eigenvalue weighted by Gasteiger charge is 2.15. The number of anilines is 2. The Balaban J connectivity index is 2.28. The number of urea groups is 1. The number of nitrogens with two attached hydrogens (primary N) is 1. The van der Waals surface area contributed by atoms with Gasteiger partial charge in [-0.2, -0.15) is 0 Å². The summed E-state index contributed by atoms with van der Waals surface area (Å²) in [6, 6.07) is 4.70. The minimum Gasteiger partial charge on any atom is -0.378 e. The molecule has 92 valence electrons. The molecule has 1 saturated heterocycles. The first-order valence-corrected chi connectivity index (χ1v) is 5.73. The Labute approximate surface area is 104 Å². The summed E-state index contributed by atoms with van der Waals surface area (Å²) in [5.74, 6) is 0. The minimum absolute atomic E-state index is 0.582. The maximum Gasteiger partial charge on any atom is 0.316 e. The van der Waals surface area contributed by atoms with E-state index in [9.17, 15) is 4.79 Å². The van der Waals surface area contributed by atoms with Crippen LogP contribution >= 0.6 is 11.6 Å². The first-order valence-electron chi connectivity index (χ1n) is 5.35. The molecule has 0 unspecified atom stereocenters. The number of nitrogens with zero attached hydrogens (tertiary/aromatic N) is 1. The van der Waals surface area contributed by atoms with Crippen LogP contribution in [0.1, 0.15) is 0 Å². The fraction of sp³-hybridized carbons (Fsp3) is 0.364. The van der Waals surface area contributed by atoms with E-state index in [0.717, 1.165) is 18.8 Å². The number of carbonyl (C=O) groups is 1. The van der Waals surface area contributed by atoms with Gasteiger partial charge in [-0.1, -0.05) is 11.6 Å². The Morgan fingerprint density at radius 3 is 2.76 bits per heavy atom. The summed E-state index contributed by atoms with van der Waals surface area (Å²) in [6.07, 6.45) is 0. The highest BCUT2D eigenvalue weighted by molar-refractivity contribution is 6.31. The van der Waals surface area contributed by atoms with Crippen LogP contribution in [0.5, 0.6) is 0 Å². The van der Waals surface area contributed by atoms with E-state index in [1.807, 2.05) is 6.07 Å². The van der Waals surface area contributed by atoms with Crippen LogP contribution in [0.15, 0.2) is 18.2 Å². The van der Waals surface area contributed by atoms with Crippen LogP contribution in [0.4, 0.5) is 16.2 Å². The summed E-state index contributed by atoms with van der Waals surface area (Å²) < 4.78 is 5.29. The van der Waals surface area contributed by atoms with Gasteiger partial charge in [0.25, 0.3) is 0 Å². The van der Waals surface area contributed by atoms with Gasteiger partial charge >= 0.3 is 6.03 Å². The van der Waals surface area contributed by atoms with Crippen LogP contribution in [0.3, 0.4) is 0 Å². The molecule has 1 aliphatic heterocycles. The molecule has 1 aliphatic rings. The number of benzene rings is 1. The Hall–Kier alpha value is -1.46. The SMILES string of the molecule is NC(=O)Nc1ccc(Cl)cc1N1CCOCC1. The van der Waals surface area contributed by atoms with Crippen LogP contribution in [-0.4, -0.2) is 32.3 Å². The molecule has 0 aliphatic carbocycles. The molecular weight excluding hydrogens is 242 g/mol. The monoisotopic (exact) mass is 255 g/mol. The molecule has 1 heterocycles. The smallest absolute Gasteiger partial charge is 0.316 e. The van der Waals surface area contributed by atoms with Crippen molar-refractivity contribution in [1.82, 2.24) is 0 Å². The number of primary amides is 1. The molecular formula is C11H14ClN3O2. The molecule has 6 heteroatoms. The van der Waals surface area contributed by atoms with E-state index >= 15 is 0 Å². The van der Waals surface area contributed by atoms with Gasteiger partial charge in [0.2, 0.25) is 0 Å². The van der Waals surface area contributed by atoms with Gasteiger partial charge in [-0.3, -0.25) is 0 Å². The van der Waals surface area contributed by atoms with E-state index < -0.39 is 6.03 Å². The van der Waals surface area contributed by atoms with Crippen molar-refractivity contribution in [1.29, 1.82) is 0 Å². The lowest BCUT2D eigenvalue weighted by Gasteiger charge is -2.30. The number of halogens is 1. The summed E-state index contributed by atoms with van der Waals surface area (Å²) in [5, 5.41) is 3.22. The fourth-order valence-electron chi connectivity index (χ4n) is 1.81. The zero-order valence-electron chi connectivity index (χ0n) is 9.28. The van der Waals surface area contributed by atoms with E-state index in [1.54, 1.807) is 12.1 Å². The molecule has 0 saturated carbocycles. The zero-order valence-corrected chi connectivity index (χ0v) is 10.0. The first-order chi connectivity index (χ1) is 8.16. The third-order valence-electron chi connectivity index (χ3n) is 2.57. The van der Waals surface area contributed by atoms with Crippen molar-refractivity contribution < 1.29 is 9.53 Å². The zero-order chi connectivity index (χ0) is 12.3. The van der Waals surface area contributed by atoms with Crippen molar-refractivity contribution in [2.45, 2.75) is 0 Å².